The highest BCUT2D eigenvalue weighted by Crippen LogP contribution is 2.47. The lowest BCUT2D eigenvalue weighted by Crippen LogP contribution is -2.44. The van der Waals surface area contributed by atoms with Crippen molar-refractivity contribution in [3.8, 4) is 6.07 Å². The number of carbonyl (C=O) groups excluding carboxylic acids is 1. The topological polar surface area (TPSA) is 44.1 Å². The van der Waals surface area contributed by atoms with Crippen LogP contribution in [-0.4, -0.2) is 23.9 Å². The minimum atomic E-state index is -0.624. The van der Waals surface area contributed by atoms with Gasteiger partial charge < -0.3 is 4.90 Å². The minimum absolute atomic E-state index is 0.0838. The highest BCUT2D eigenvalue weighted by Gasteiger charge is 2.52. The number of piperidine rings is 1. The van der Waals surface area contributed by atoms with Crippen LogP contribution in [0.5, 0.6) is 0 Å². The van der Waals surface area contributed by atoms with E-state index in [0.29, 0.717) is 5.41 Å². The molecule has 0 aromatic rings. The molecule has 2 fully saturated rings. The van der Waals surface area contributed by atoms with E-state index in [1.165, 1.54) is 0 Å². The Bertz CT molecular complexity index is 313. The van der Waals surface area contributed by atoms with E-state index in [4.69, 9.17) is 5.26 Å². The van der Waals surface area contributed by atoms with Crippen LogP contribution < -0.4 is 0 Å². The fraction of sp³-hybridized carbons (Fsp3) is 0.833. The van der Waals surface area contributed by atoms with E-state index < -0.39 is 5.41 Å². The average Bonchev–Trinajstić information content (AvgIpc) is 2.97. The van der Waals surface area contributed by atoms with Gasteiger partial charge >= 0.3 is 0 Å². The Morgan fingerprint density at radius 2 is 1.73 bits per heavy atom. The first-order valence-electron chi connectivity index (χ1n) is 5.70. The van der Waals surface area contributed by atoms with Gasteiger partial charge in [0.25, 0.3) is 0 Å². The largest absolute Gasteiger partial charge is 0.341 e. The molecular formula is C12H18N2O. The molecule has 2 aliphatic rings. The number of amides is 1. The van der Waals surface area contributed by atoms with Crippen LogP contribution in [0.1, 0.15) is 39.5 Å². The van der Waals surface area contributed by atoms with E-state index in [1.54, 1.807) is 0 Å². The van der Waals surface area contributed by atoms with Gasteiger partial charge in [0.2, 0.25) is 5.91 Å². The molecule has 1 heterocycles. The summed E-state index contributed by atoms with van der Waals surface area (Å²) in [6.07, 6.45) is 3.64. The van der Waals surface area contributed by atoms with Crippen LogP contribution in [0.25, 0.3) is 0 Å². The number of rotatable bonds is 1. The van der Waals surface area contributed by atoms with Gasteiger partial charge in [0.1, 0.15) is 5.41 Å². The maximum Gasteiger partial charge on any atom is 0.243 e. The van der Waals surface area contributed by atoms with Crippen LogP contribution in [0.4, 0.5) is 0 Å². The summed E-state index contributed by atoms with van der Waals surface area (Å²) in [6.45, 7) is 6.14. The third kappa shape index (κ3) is 1.86. The molecule has 0 spiro atoms. The average molecular weight is 206 g/mol. The number of nitriles is 1. The van der Waals surface area contributed by atoms with E-state index in [-0.39, 0.29) is 5.91 Å². The van der Waals surface area contributed by atoms with Crippen molar-refractivity contribution in [3.05, 3.63) is 0 Å². The maximum atomic E-state index is 12.0. The predicted molar refractivity (Wildman–Crippen MR) is 56.9 cm³/mol. The number of carbonyl (C=O) groups is 1. The first-order valence-corrected chi connectivity index (χ1v) is 5.70. The smallest absolute Gasteiger partial charge is 0.243 e. The molecule has 1 amide bonds. The highest BCUT2D eigenvalue weighted by atomic mass is 16.2. The molecule has 3 nitrogen and oxygen atoms in total. The Hall–Kier alpha value is -1.04. The zero-order valence-electron chi connectivity index (χ0n) is 9.55. The summed E-state index contributed by atoms with van der Waals surface area (Å²) >= 11 is 0. The van der Waals surface area contributed by atoms with E-state index >= 15 is 0 Å². The summed E-state index contributed by atoms with van der Waals surface area (Å²) in [4.78, 5) is 13.9. The molecular weight excluding hydrogens is 188 g/mol. The molecule has 15 heavy (non-hydrogen) atoms. The van der Waals surface area contributed by atoms with Crippen molar-refractivity contribution in [1.82, 2.24) is 4.90 Å². The van der Waals surface area contributed by atoms with E-state index in [9.17, 15) is 4.79 Å². The molecule has 0 atom stereocenters. The molecule has 0 bridgehead atoms. The van der Waals surface area contributed by atoms with E-state index in [0.717, 1.165) is 38.8 Å². The Morgan fingerprint density at radius 1 is 1.20 bits per heavy atom. The Kier molecular flexibility index (Phi) is 2.26. The van der Waals surface area contributed by atoms with Crippen molar-refractivity contribution in [2.75, 3.05) is 13.1 Å². The van der Waals surface area contributed by atoms with Crippen molar-refractivity contribution in [2.45, 2.75) is 39.5 Å². The second-order valence-electron chi connectivity index (χ2n) is 5.65. The van der Waals surface area contributed by atoms with Gasteiger partial charge in [-0.05, 0) is 31.1 Å². The molecule has 0 aromatic carbocycles. The van der Waals surface area contributed by atoms with Gasteiger partial charge in [-0.25, -0.2) is 0 Å². The molecule has 1 aliphatic heterocycles. The fourth-order valence-corrected chi connectivity index (χ4v) is 2.12. The summed E-state index contributed by atoms with van der Waals surface area (Å²) in [5.41, 5.74) is -0.262. The van der Waals surface area contributed by atoms with Crippen LogP contribution >= 0.6 is 0 Å². The molecule has 0 radical (unpaired) electrons. The maximum absolute atomic E-state index is 12.0. The van der Waals surface area contributed by atoms with Crippen LogP contribution in [-0.2, 0) is 4.79 Å². The number of nitrogens with zero attached hydrogens (tertiary/aromatic N) is 2. The Labute approximate surface area is 91.1 Å². The number of hydrogen-bond donors (Lipinski definition) is 0. The molecule has 1 aliphatic carbocycles. The van der Waals surface area contributed by atoms with Crippen molar-refractivity contribution in [2.24, 2.45) is 10.8 Å². The molecule has 1 saturated heterocycles. The summed E-state index contributed by atoms with van der Waals surface area (Å²) in [5, 5.41) is 8.96. The number of hydrogen-bond acceptors (Lipinski definition) is 2. The Morgan fingerprint density at radius 3 is 2.13 bits per heavy atom. The Balaban J connectivity index is 1.97. The normalized spacial score (nSPS) is 26.9. The molecule has 0 N–H and O–H groups in total. The second kappa shape index (κ2) is 3.23. The van der Waals surface area contributed by atoms with Crippen LogP contribution in [0.15, 0.2) is 0 Å². The molecule has 2 rings (SSSR count). The molecule has 0 aromatic heterocycles. The zero-order valence-corrected chi connectivity index (χ0v) is 9.55. The van der Waals surface area contributed by atoms with Gasteiger partial charge in [-0.3, -0.25) is 4.79 Å². The van der Waals surface area contributed by atoms with Crippen molar-refractivity contribution in [1.29, 1.82) is 5.26 Å². The summed E-state index contributed by atoms with van der Waals surface area (Å²) < 4.78 is 0. The van der Waals surface area contributed by atoms with E-state index in [2.05, 4.69) is 19.9 Å². The second-order valence-corrected chi connectivity index (χ2v) is 5.65. The van der Waals surface area contributed by atoms with Gasteiger partial charge in [-0.1, -0.05) is 13.8 Å². The third-order valence-corrected chi connectivity index (χ3v) is 3.78. The van der Waals surface area contributed by atoms with Gasteiger partial charge in [-0.2, -0.15) is 5.26 Å². The summed E-state index contributed by atoms with van der Waals surface area (Å²) in [5.74, 6) is 0.0838. The highest BCUT2D eigenvalue weighted by molar-refractivity contribution is 5.88. The SMILES string of the molecule is CC1(C)CCN(C(=O)C2(C#N)CC2)CC1. The summed E-state index contributed by atoms with van der Waals surface area (Å²) in [7, 11) is 0. The number of likely N-dealkylation sites (tertiary alicyclic amines) is 1. The molecule has 0 unspecified atom stereocenters. The van der Waals surface area contributed by atoms with Crippen LogP contribution in [0.3, 0.4) is 0 Å². The van der Waals surface area contributed by atoms with Crippen molar-refractivity contribution in [3.63, 3.8) is 0 Å². The van der Waals surface area contributed by atoms with E-state index in [1.807, 2.05) is 4.90 Å². The lowest BCUT2D eigenvalue weighted by atomic mass is 9.82. The first kappa shape index (κ1) is 10.5. The molecule has 3 heteroatoms. The van der Waals surface area contributed by atoms with Crippen molar-refractivity contribution < 1.29 is 4.79 Å². The molecule has 82 valence electrons. The molecule has 1 saturated carbocycles. The predicted octanol–water partition coefficient (Wildman–Crippen LogP) is 1.94. The van der Waals surface area contributed by atoms with Gasteiger partial charge in [-0.15, -0.1) is 0 Å². The zero-order chi connectivity index (χ0) is 11.1. The lowest BCUT2D eigenvalue weighted by Gasteiger charge is -2.37. The fourth-order valence-electron chi connectivity index (χ4n) is 2.12. The third-order valence-electron chi connectivity index (χ3n) is 3.78. The monoisotopic (exact) mass is 206 g/mol. The van der Waals surface area contributed by atoms with Crippen LogP contribution in [0.2, 0.25) is 0 Å². The minimum Gasteiger partial charge on any atom is -0.341 e. The van der Waals surface area contributed by atoms with Crippen molar-refractivity contribution >= 4 is 5.91 Å². The first-order chi connectivity index (χ1) is 6.99. The van der Waals surface area contributed by atoms with Gasteiger partial charge in [0, 0.05) is 13.1 Å². The van der Waals surface area contributed by atoms with Gasteiger partial charge in [0.05, 0.1) is 6.07 Å². The van der Waals surface area contributed by atoms with Gasteiger partial charge in [0.15, 0.2) is 0 Å². The standard InChI is InChI=1S/C12H18N2O/c1-11(2)5-7-14(8-6-11)10(15)12(9-13)3-4-12/h3-8H2,1-2H3. The quantitative estimate of drug-likeness (QED) is 0.658. The lowest BCUT2D eigenvalue weighted by molar-refractivity contribution is -0.137. The summed E-state index contributed by atoms with van der Waals surface area (Å²) in [6, 6.07) is 2.18. The van der Waals surface area contributed by atoms with Crippen LogP contribution in [0, 0.1) is 22.2 Å².